The lowest BCUT2D eigenvalue weighted by molar-refractivity contribution is -0.137. The van der Waals surface area contributed by atoms with Gasteiger partial charge in [0.05, 0.1) is 12.1 Å². The van der Waals surface area contributed by atoms with Gasteiger partial charge in [-0.05, 0) is 34.9 Å². The van der Waals surface area contributed by atoms with Crippen molar-refractivity contribution in [2.75, 3.05) is 6.54 Å². The Morgan fingerprint density at radius 3 is 2.41 bits per heavy atom. The molecule has 0 radical (unpaired) electrons. The van der Waals surface area contributed by atoms with E-state index < -0.39 is 21.9 Å². The number of rotatable bonds is 7. The largest absolute Gasteiger partial charge is 0.416 e. The van der Waals surface area contributed by atoms with Gasteiger partial charge < -0.3 is 0 Å². The Morgan fingerprint density at radius 1 is 1.07 bits per heavy atom. The third-order valence-electron chi connectivity index (χ3n) is 4.00. The number of alkyl halides is 3. The summed E-state index contributed by atoms with van der Waals surface area (Å²) in [5.74, 6) is 0.322. The van der Waals surface area contributed by atoms with Gasteiger partial charge in [-0.2, -0.15) is 26.4 Å². The third-order valence-corrected chi connectivity index (χ3v) is 4.61. The van der Waals surface area contributed by atoms with Crippen LogP contribution in [-0.4, -0.2) is 35.2 Å². The molecule has 3 rings (SSSR count). The van der Waals surface area contributed by atoms with Crippen molar-refractivity contribution in [3.05, 3.63) is 65.2 Å². The minimum absolute atomic E-state index is 0.00182. The molecule has 154 valence electrons. The monoisotopic (exact) mass is 426 g/mol. The van der Waals surface area contributed by atoms with E-state index in [4.69, 9.17) is 5.14 Å². The first-order chi connectivity index (χ1) is 13.6. The van der Waals surface area contributed by atoms with Crippen molar-refractivity contribution >= 4 is 10.2 Å². The zero-order valence-electron chi connectivity index (χ0n) is 15.0. The molecule has 0 fully saturated rings. The molecule has 2 aromatic carbocycles. The number of halogens is 3. The van der Waals surface area contributed by atoms with Crippen LogP contribution in [0.3, 0.4) is 0 Å². The summed E-state index contributed by atoms with van der Waals surface area (Å²) in [5.41, 5.74) is 1.50. The van der Waals surface area contributed by atoms with E-state index in [0.717, 1.165) is 17.7 Å². The zero-order chi connectivity index (χ0) is 21.1. The van der Waals surface area contributed by atoms with Gasteiger partial charge in [0.2, 0.25) is 5.82 Å². The number of aromatic nitrogens is 4. The first kappa shape index (κ1) is 20.9. The van der Waals surface area contributed by atoms with Crippen LogP contribution in [0.5, 0.6) is 0 Å². The fraction of sp³-hybridized carbons (Fsp3) is 0.235. The second kappa shape index (κ2) is 8.27. The van der Waals surface area contributed by atoms with E-state index in [0.29, 0.717) is 23.4 Å². The van der Waals surface area contributed by atoms with Gasteiger partial charge in [0, 0.05) is 12.1 Å². The van der Waals surface area contributed by atoms with Crippen molar-refractivity contribution < 1.29 is 21.6 Å². The normalized spacial score (nSPS) is 12.3. The SMILES string of the molecule is NS(=O)(=O)NCCn1nnc(-c2ccccc2Cc2ccc(C(F)(F)F)cc2)n1. The minimum atomic E-state index is -4.38. The number of nitrogens with one attached hydrogen (secondary N) is 1. The van der Waals surface area contributed by atoms with Crippen LogP contribution < -0.4 is 9.86 Å². The van der Waals surface area contributed by atoms with Crippen molar-refractivity contribution in [1.82, 2.24) is 24.9 Å². The molecule has 0 unspecified atom stereocenters. The van der Waals surface area contributed by atoms with Gasteiger partial charge >= 0.3 is 6.18 Å². The molecule has 0 amide bonds. The Bertz CT molecular complexity index is 1080. The van der Waals surface area contributed by atoms with Gasteiger partial charge in [0.25, 0.3) is 10.2 Å². The summed E-state index contributed by atoms with van der Waals surface area (Å²) in [5, 5.41) is 16.9. The Hall–Kier alpha value is -2.83. The van der Waals surface area contributed by atoms with Gasteiger partial charge in [-0.3, -0.25) is 0 Å². The molecule has 0 atom stereocenters. The highest BCUT2D eigenvalue weighted by atomic mass is 32.2. The van der Waals surface area contributed by atoms with Gasteiger partial charge in [0.15, 0.2) is 0 Å². The first-order valence-electron chi connectivity index (χ1n) is 8.41. The van der Waals surface area contributed by atoms with E-state index in [-0.39, 0.29) is 13.1 Å². The summed E-state index contributed by atoms with van der Waals surface area (Å²) in [4.78, 5) is 1.22. The molecule has 0 aliphatic carbocycles. The fourth-order valence-corrected chi connectivity index (χ4v) is 3.03. The molecule has 0 aliphatic rings. The average molecular weight is 426 g/mol. The van der Waals surface area contributed by atoms with Gasteiger partial charge in [0.1, 0.15) is 0 Å². The summed E-state index contributed by atoms with van der Waals surface area (Å²) in [7, 11) is -3.80. The molecular formula is C17H17F3N6O2S. The molecule has 0 bridgehead atoms. The average Bonchev–Trinajstić information content (AvgIpc) is 3.09. The van der Waals surface area contributed by atoms with E-state index >= 15 is 0 Å². The highest BCUT2D eigenvalue weighted by Crippen LogP contribution is 2.30. The number of nitrogens with zero attached hydrogens (tertiary/aromatic N) is 4. The lowest BCUT2D eigenvalue weighted by Crippen LogP contribution is -2.33. The van der Waals surface area contributed by atoms with E-state index in [1.807, 2.05) is 12.1 Å². The lowest BCUT2D eigenvalue weighted by Gasteiger charge is -2.09. The second-order valence-corrected chi connectivity index (χ2v) is 7.56. The molecule has 0 aliphatic heterocycles. The summed E-state index contributed by atoms with van der Waals surface area (Å²) in [6.07, 6.45) is -3.99. The summed E-state index contributed by atoms with van der Waals surface area (Å²) in [6, 6.07) is 12.2. The van der Waals surface area contributed by atoms with Crippen molar-refractivity contribution in [2.45, 2.75) is 19.1 Å². The van der Waals surface area contributed by atoms with Crippen LogP contribution in [0.15, 0.2) is 48.5 Å². The van der Waals surface area contributed by atoms with Crippen LogP contribution in [0.25, 0.3) is 11.4 Å². The van der Waals surface area contributed by atoms with E-state index in [1.54, 1.807) is 12.1 Å². The highest BCUT2D eigenvalue weighted by molar-refractivity contribution is 7.87. The first-order valence-corrected chi connectivity index (χ1v) is 9.96. The van der Waals surface area contributed by atoms with Crippen LogP contribution in [0.2, 0.25) is 0 Å². The molecule has 0 spiro atoms. The van der Waals surface area contributed by atoms with Crippen LogP contribution in [-0.2, 0) is 29.4 Å². The van der Waals surface area contributed by atoms with Crippen molar-refractivity contribution in [3.63, 3.8) is 0 Å². The van der Waals surface area contributed by atoms with Gasteiger partial charge in [-0.1, -0.05) is 36.4 Å². The molecule has 0 saturated carbocycles. The predicted octanol–water partition coefficient (Wildman–Crippen LogP) is 1.74. The van der Waals surface area contributed by atoms with Crippen molar-refractivity contribution in [2.24, 2.45) is 5.14 Å². The maximum atomic E-state index is 12.7. The number of hydrogen-bond donors (Lipinski definition) is 2. The van der Waals surface area contributed by atoms with E-state index in [2.05, 4.69) is 20.1 Å². The number of nitrogens with two attached hydrogens (primary N) is 1. The van der Waals surface area contributed by atoms with Gasteiger partial charge in [-0.15, -0.1) is 10.2 Å². The number of hydrogen-bond acceptors (Lipinski definition) is 5. The standard InChI is InChI=1S/C17H17F3N6O2S/c18-17(19,20)14-7-5-12(6-8-14)11-13-3-1-2-4-15(13)16-23-25-26(24-16)10-9-22-29(21,27)28/h1-8,22H,9-11H2,(H2,21,27,28). The lowest BCUT2D eigenvalue weighted by atomic mass is 9.98. The maximum Gasteiger partial charge on any atom is 0.416 e. The Kier molecular flexibility index (Phi) is 5.96. The fourth-order valence-electron chi connectivity index (χ4n) is 2.66. The molecule has 0 saturated heterocycles. The van der Waals surface area contributed by atoms with Crippen molar-refractivity contribution in [3.8, 4) is 11.4 Å². The molecule has 1 aromatic heterocycles. The summed E-state index contributed by atoms with van der Waals surface area (Å²) in [6.45, 7) is 0.131. The van der Waals surface area contributed by atoms with E-state index in [9.17, 15) is 21.6 Å². The molecule has 8 nitrogen and oxygen atoms in total. The summed E-state index contributed by atoms with van der Waals surface area (Å²) < 4.78 is 62.0. The summed E-state index contributed by atoms with van der Waals surface area (Å²) >= 11 is 0. The smallest absolute Gasteiger partial charge is 0.216 e. The second-order valence-electron chi connectivity index (χ2n) is 6.18. The van der Waals surface area contributed by atoms with Crippen LogP contribution >= 0.6 is 0 Å². The number of tetrazole rings is 1. The predicted molar refractivity (Wildman–Crippen MR) is 98.6 cm³/mol. The van der Waals surface area contributed by atoms with E-state index in [1.165, 1.54) is 16.9 Å². The highest BCUT2D eigenvalue weighted by Gasteiger charge is 2.29. The Labute approximate surface area is 164 Å². The Morgan fingerprint density at radius 2 is 1.76 bits per heavy atom. The number of benzene rings is 2. The molecular weight excluding hydrogens is 409 g/mol. The molecule has 3 N–H and O–H groups in total. The third kappa shape index (κ3) is 5.82. The topological polar surface area (TPSA) is 116 Å². The molecule has 3 aromatic rings. The molecule has 12 heteroatoms. The van der Waals surface area contributed by atoms with Crippen LogP contribution in [0, 0.1) is 0 Å². The van der Waals surface area contributed by atoms with Gasteiger partial charge in [-0.25, -0.2) is 9.86 Å². The minimum Gasteiger partial charge on any atom is -0.216 e. The molecule has 1 heterocycles. The van der Waals surface area contributed by atoms with Crippen LogP contribution in [0.4, 0.5) is 13.2 Å². The zero-order valence-corrected chi connectivity index (χ0v) is 15.8. The maximum absolute atomic E-state index is 12.7. The van der Waals surface area contributed by atoms with Crippen molar-refractivity contribution in [1.29, 1.82) is 0 Å². The Balaban J connectivity index is 1.76. The van der Waals surface area contributed by atoms with Crippen LogP contribution in [0.1, 0.15) is 16.7 Å². The molecule has 29 heavy (non-hydrogen) atoms. The quantitative estimate of drug-likeness (QED) is 0.597.